The first-order valence-electron chi connectivity index (χ1n) is 6.74. The lowest BCUT2D eigenvalue weighted by Crippen LogP contribution is -2.55. The second-order valence-corrected chi connectivity index (χ2v) is 6.53. The van der Waals surface area contributed by atoms with Crippen molar-refractivity contribution in [2.24, 2.45) is 23.2 Å². The fourth-order valence-electron chi connectivity index (χ4n) is 4.48. The van der Waals surface area contributed by atoms with E-state index >= 15 is 0 Å². The van der Waals surface area contributed by atoms with Crippen LogP contribution in [0.4, 0.5) is 0 Å². The van der Waals surface area contributed by atoms with Crippen LogP contribution >= 0.6 is 0 Å². The van der Waals surface area contributed by atoms with E-state index in [1.54, 1.807) is 0 Å². The van der Waals surface area contributed by atoms with Crippen molar-refractivity contribution in [3.63, 3.8) is 0 Å². The number of fused-ring (bicyclic) bond motifs is 2. The summed E-state index contributed by atoms with van der Waals surface area (Å²) in [6.45, 7) is 4.37. The Labute approximate surface area is 102 Å². The lowest BCUT2D eigenvalue weighted by molar-refractivity contribution is -0.165. The summed E-state index contributed by atoms with van der Waals surface area (Å²) in [4.78, 5) is 23.7. The molecule has 1 aliphatic heterocycles. The maximum Gasteiger partial charge on any atom is 0.306 e. The van der Waals surface area contributed by atoms with Crippen LogP contribution in [0.15, 0.2) is 0 Å². The maximum atomic E-state index is 12.1. The van der Waals surface area contributed by atoms with Gasteiger partial charge in [-0.3, -0.25) is 9.59 Å². The van der Waals surface area contributed by atoms with Gasteiger partial charge < -0.3 is 4.74 Å². The summed E-state index contributed by atoms with van der Waals surface area (Å²) in [5, 5.41) is 0. The monoisotopic (exact) mass is 236 g/mol. The molecule has 4 aliphatic rings. The van der Waals surface area contributed by atoms with Crippen LogP contribution in [-0.2, 0) is 14.3 Å². The molecule has 3 heteroatoms. The lowest BCUT2D eigenvalue weighted by atomic mass is 9.52. The number of esters is 1. The van der Waals surface area contributed by atoms with E-state index in [1.807, 2.05) is 0 Å². The molecule has 0 radical (unpaired) electrons. The molecule has 3 nitrogen and oxygen atoms in total. The number of ether oxygens (including phenoxy) is 1. The molecule has 1 heterocycles. The molecule has 4 rings (SSSR count). The van der Waals surface area contributed by atoms with Gasteiger partial charge >= 0.3 is 5.97 Å². The second kappa shape index (κ2) is 3.56. The van der Waals surface area contributed by atoms with Crippen LogP contribution in [0.25, 0.3) is 0 Å². The van der Waals surface area contributed by atoms with Gasteiger partial charge in [-0.05, 0) is 25.2 Å². The highest BCUT2D eigenvalue weighted by Crippen LogP contribution is 2.58. The standard InChI is InChI=1S/C14H20O3/c1-8(2)6-14-4-3-9(11(15)7-14)10-5-12(16)17-13(10)14/h8-10,13H,3-7H2,1-2H3/t9?,10-,13-,14?/m1/s1. The maximum absolute atomic E-state index is 12.1. The first kappa shape index (κ1) is 11.2. The van der Waals surface area contributed by atoms with E-state index in [4.69, 9.17) is 4.74 Å². The zero-order chi connectivity index (χ0) is 12.2. The van der Waals surface area contributed by atoms with Gasteiger partial charge in [-0.25, -0.2) is 0 Å². The summed E-state index contributed by atoms with van der Waals surface area (Å²) in [5.41, 5.74) is -0.0309. The SMILES string of the molecule is CC(C)CC12CCC(C(=O)C1)[C@H]1CC(=O)O[C@H]12. The van der Waals surface area contributed by atoms with Crippen LogP contribution in [0, 0.1) is 23.2 Å². The van der Waals surface area contributed by atoms with Crippen LogP contribution in [0.2, 0.25) is 0 Å². The Kier molecular flexibility index (Phi) is 2.36. The third-order valence-corrected chi connectivity index (χ3v) is 4.88. The molecule has 0 aromatic heterocycles. The molecule has 3 saturated carbocycles. The molecule has 0 aromatic carbocycles. The Balaban J connectivity index is 1.95. The summed E-state index contributed by atoms with van der Waals surface area (Å²) in [6, 6.07) is 0. The Morgan fingerprint density at radius 3 is 2.82 bits per heavy atom. The minimum absolute atomic E-state index is 0.0309. The van der Waals surface area contributed by atoms with Gasteiger partial charge in [-0.1, -0.05) is 13.8 Å². The Morgan fingerprint density at radius 2 is 2.18 bits per heavy atom. The third kappa shape index (κ3) is 1.54. The van der Waals surface area contributed by atoms with Gasteiger partial charge in [-0.2, -0.15) is 0 Å². The first-order valence-corrected chi connectivity index (χ1v) is 6.74. The van der Waals surface area contributed by atoms with Gasteiger partial charge in [0.25, 0.3) is 0 Å². The van der Waals surface area contributed by atoms with Crippen LogP contribution in [0.1, 0.15) is 46.0 Å². The number of ketones is 1. The van der Waals surface area contributed by atoms with Crippen molar-refractivity contribution in [1.82, 2.24) is 0 Å². The predicted molar refractivity (Wildman–Crippen MR) is 62.2 cm³/mol. The number of rotatable bonds is 2. The van der Waals surface area contributed by atoms with Crippen molar-refractivity contribution in [1.29, 1.82) is 0 Å². The summed E-state index contributed by atoms with van der Waals surface area (Å²) >= 11 is 0. The van der Waals surface area contributed by atoms with Gasteiger partial charge in [0.1, 0.15) is 11.9 Å². The first-order chi connectivity index (χ1) is 8.02. The van der Waals surface area contributed by atoms with Gasteiger partial charge in [0, 0.05) is 23.7 Å². The Bertz CT molecular complexity index is 374. The van der Waals surface area contributed by atoms with Gasteiger partial charge in [-0.15, -0.1) is 0 Å². The molecule has 17 heavy (non-hydrogen) atoms. The largest absolute Gasteiger partial charge is 0.461 e. The smallest absolute Gasteiger partial charge is 0.306 e. The molecular weight excluding hydrogens is 216 g/mol. The predicted octanol–water partition coefficient (Wildman–Crippen LogP) is 2.33. The summed E-state index contributed by atoms with van der Waals surface area (Å²) in [6.07, 6.45) is 4.21. The van der Waals surface area contributed by atoms with Crippen LogP contribution in [0.5, 0.6) is 0 Å². The van der Waals surface area contributed by atoms with E-state index in [2.05, 4.69) is 13.8 Å². The molecule has 3 aliphatic carbocycles. The fourth-order valence-corrected chi connectivity index (χ4v) is 4.48. The average molecular weight is 236 g/mol. The van der Waals surface area contributed by atoms with E-state index in [-0.39, 0.29) is 29.3 Å². The van der Waals surface area contributed by atoms with Crippen LogP contribution in [0.3, 0.4) is 0 Å². The molecule has 4 atom stereocenters. The molecule has 0 aromatic rings. The lowest BCUT2D eigenvalue weighted by Gasteiger charge is -2.52. The van der Waals surface area contributed by atoms with Crippen molar-refractivity contribution < 1.29 is 14.3 Å². The second-order valence-electron chi connectivity index (χ2n) is 6.53. The number of carbonyl (C=O) groups excluding carboxylic acids is 2. The van der Waals surface area contributed by atoms with Crippen molar-refractivity contribution in [2.75, 3.05) is 0 Å². The molecule has 2 bridgehead atoms. The van der Waals surface area contributed by atoms with Crippen molar-refractivity contribution >= 4 is 11.8 Å². The number of Topliss-reactive ketones (excluding diaryl/α,β-unsaturated/α-hetero) is 1. The van der Waals surface area contributed by atoms with Crippen molar-refractivity contribution in [3.8, 4) is 0 Å². The minimum Gasteiger partial charge on any atom is -0.461 e. The van der Waals surface area contributed by atoms with E-state index in [0.29, 0.717) is 24.5 Å². The molecular formula is C14H20O3. The summed E-state index contributed by atoms with van der Waals surface area (Å²) in [7, 11) is 0. The molecule has 0 spiro atoms. The van der Waals surface area contributed by atoms with Crippen LogP contribution in [-0.4, -0.2) is 17.9 Å². The van der Waals surface area contributed by atoms with Crippen LogP contribution < -0.4 is 0 Å². The highest BCUT2D eigenvalue weighted by atomic mass is 16.6. The zero-order valence-corrected chi connectivity index (χ0v) is 10.6. The molecule has 4 fully saturated rings. The van der Waals surface area contributed by atoms with E-state index in [1.165, 1.54) is 0 Å². The Hall–Kier alpha value is -0.860. The molecule has 0 N–H and O–H groups in total. The molecule has 94 valence electrons. The number of hydrogen-bond acceptors (Lipinski definition) is 3. The number of hydrogen-bond donors (Lipinski definition) is 0. The molecule has 0 amide bonds. The topological polar surface area (TPSA) is 43.4 Å². The average Bonchev–Trinajstić information content (AvgIpc) is 2.60. The van der Waals surface area contributed by atoms with E-state index in [0.717, 1.165) is 19.3 Å². The highest BCUT2D eigenvalue weighted by Gasteiger charge is 2.61. The fraction of sp³-hybridized carbons (Fsp3) is 0.857. The zero-order valence-electron chi connectivity index (χ0n) is 10.6. The minimum atomic E-state index is -0.0882. The van der Waals surface area contributed by atoms with Gasteiger partial charge in [0.15, 0.2) is 0 Å². The van der Waals surface area contributed by atoms with E-state index < -0.39 is 0 Å². The number of carbonyl (C=O) groups is 2. The normalized spacial score (nSPS) is 44.1. The Morgan fingerprint density at radius 1 is 1.41 bits per heavy atom. The van der Waals surface area contributed by atoms with Crippen molar-refractivity contribution in [3.05, 3.63) is 0 Å². The summed E-state index contributed by atoms with van der Waals surface area (Å²) in [5.74, 6) is 1.15. The third-order valence-electron chi connectivity index (χ3n) is 4.88. The summed E-state index contributed by atoms with van der Waals surface area (Å²) < 4.78 is 5.56. The van der Waals surface area contributed by atoms with Crippen molar-refractivity contribution in [2.45, 2.75) is 52.1 Å². The quantitative estimate of drug-likeness (QED) is 0.691. The molecule has 2 unspecified atom stereocenters. The van der Waals surface area contributed by atoms with E-state index in [9.17, 15) is 9.59 Å². The molecule has 1 saturated heterocycles. The van der Waals surface area contributed by atoms with Gasteiger partial charge in [0.05, 0.1) is 6.42 Å². The van der Waals surface area contributed by atoms with Gasteiger partial charge in [0.2, 0.25) is 0 Å². The highest BCUT2D eigenvalue weighted by molar-refractivity contribution is 5.86.